The summed E-state index contributed by atoms with van der Waals surface area (Å²) in [5.74, 6) is 0. The topological polar surface area (TPSA) is 69.4 Å². The van der Waals surface area contributed by atoms with Crippen LogP contribution >= 0.6 is 15.9 Å². The van der Waals surface area contributed by atoms with Crippen molar-refractivity contribution < 1.29 is 9.53 Å². The number of aromatic nitrogens is 3. The Balaban J connectivity index is 1.69. The summed E-state index contributed by atoms with van der Waals surface area (Å²) in [5, 5.41) is 4.22. The molecular weight excluding hydrogens is 448 g/mol. The van der Waals surface area contributed by atoms with Gasteiger partial charge in [0.25, 0.3) is 0 Å². The Morgan fingerprint density at radius 1 is 1.07 bits per heavy atom. The monoisotopic (exact) mass is 472 g/mol. The average molecular weight is 473 g/mol. The van der Waals surface area contributed by atoms with Crippen LogP contribution in [0.4, 0.5) is 4.79 Å². The van der Waals surface area contributed by atoms with Crippen molar-refractivity contribution in [1.82, 2.24) is 19.2 Å². The molecule has 2 aromatic carbocycles. The van der Waals surface area contributed by atoms with E-state index in [2.05, 4.69) is 21.0 Å². The molecule has 0 unspecified atom stereocenters. The molecule has 3 rings (SSSR count). The van der Waals surface area contributed by atoms with Gasteiger partial charge in [0.1, 0.15) is 11.9 Å². The van der Waals surface area contributed by atoms with Crippen LogP contribution in [-0.2, 0) is 17.8 Å². The molecule has 0 bridgehead atoms. The number of carbonyl (C=O) groups excluding carboxylic acids is 1. The van der Waals surface area contributed by atoms with Crippen LogP contribution in [0.3, 0.4) is 0 Å². The van der Waals surface area contributed by atoms with Crippen molar-refractivity contribution in [2.24, 2.45) is 0 Å². The largest absolute Gasteiger partial charge is 0.444 e. The number of nitrogens with zero attached hydrogens (tertiary/aromatic N) is 4. The predicted octanol–water partition coefficient (Wildman–Crippen LogP) is 4.21. The highest BCUT2D eigenvalue weighted by Crippen LogP contribution is 2.14. The van der Waals surface area contributed by atoms with E-state index in [1.165, 1.54) is 20.5 Å². The lowest BCUT2D eigenvalue weighted by Gasteiger charge is -2.24. The number of hydrogen-bond donors (Lipinski definition) is 0. The molecule has 3 aromatic rings. The van der Waals surface area contributed by atoms with Crippen LogP contribution in [0, 0.1) is 0 Å². The van der Waals surface area contributed by atoms with Crippen molar-refractivity contribution in [2.45, 2.75) is 39.5 Å². The van der Waals surface area contributed by atoms with Crippen LogP contribution in [0.25, 0.3) is 5.69 Å². The SMILES string of the molecule is CN(Cc1ccc(-n2cnn(Cc3ccc(Br)cc3)c2=O)cc1)C(=O)OC(C)(C)C. The maximum atomic E-state index is 12.7. The molecule has 0 aliphatic heterocycles. The van der Waals surface area contributed by atoms with E-state index >= 15 is 0 Å². The molecular formula is C22H25BrN4O3. The van der Waals surface area contributed by atoms with Gasteiger partial charge in [0.15, 0.2) is 0 Å². The van der Waals surface area contributed by atoms with Crippen LogP contribution in [-0.4, -0.2) is 38.0 Å². The highest BCUT2D eigenvalue weighted by atomic mass is 79.9. The zero-order valence-electron chi connectivity index (χ0n) is 17.5. The third kappa shape index (κ3) is 5.60. The smallest absolute Gasteiger partial charge is 0.410 e. The summed E-state index contributed by atoms with van der Waals surface area (Å²) < 4.78 is 9.28. The first-order valence-electron chi connectivity index (χ1n) is 9.55. The average Bonchev–Trinajstić information content (AvgIpc) is 3.03. The summed E-state index contributed by atoms with van der Waals surface area (Å²) in [7, 11) is 1.69. The van der Waals surface area contributed by atoms with Gasteiger partial charge in [-0.25, -0.2) is 18.8 Å². The molecule has 0 saturated carbocycles. The molecule has 30 heavy (non-hydrogen) atoms. The molecule has 0 spiro atoms. The van der Waals surface area contributed by atoms with E-state index in [1.54, 1.807) is 7.05 Å². The van der Waals surface area contributed by atoms with E-state index in [-0.39, 0.29) is 11.8 Å². The number of benzene rings is 2. The molecule has 1 aromatic heterocycles. The van der Waals surface area contributed by atoms with Gasteiger partial charge < -0.3 is 9.64 Å². The number of ether oxygens (including phenoxy) is 1. The summed E-state index contributed by atoms with van der Waals surface area (Å²) in [6, 6.07) is 15.2. The minimum absolute atomic E-state index is 0.212. The molecule has 0 aliphatic rings. The first-order valence-corrected chi connectivity index (χ1v) is 10.3. The lowest BCUT2D eigenvalue weighted by atomic mass is 10.2. The van der Waals surface area contributed by atoms with E-state index < -0.39 is 5.60 Å². The lowest BCUT2D eigenvalue weighted by Crippen LogP contribution is -2.33. The second-order valence-electron chi connectivity index (χ2n) is 8.07. The lowest BCUT2D eigenvalue weighted by molar-refractivity contribution is 0.0285. The molecule has 8 heteroatoms. The quantitative estimate of drug-likeness (QED) is 0.557. The van der Waals surface area contributed by atoms with Gasteiger partial charge in [-0.2, -0.15) is 5.10 Å². The first kappa shape index (κ1) is 21.8. The molecule has 0 fully saturated rings. The highest BCUT2D eigenvalue weighted by Gasteiger charge is 2.19. The van der Waals surface area contributed by atoms with Crippen molar-refractivity contribution in [3.8, 4) is 5.69 Å². The molecule has 0 saturated heterocycles. The highest BCUT2D eigenvalue weighted by molar-refractivity contribution is 9.10. The van der Waals surface area contributed by atoms with Gasteiger partial charge in [-0.15, -0.1) is 0 Å². The Hall–Kier alpha value is -2.87. The second kappa shape index (κ2) is 8.87. The van der Waals surface area contributed by atoms with E-state index in [9.17, 15) is 9.59 Å². The number of hydrogen-bond acceptors (Lipinski definition) is 4. The minimum Gasteiger partial charge on any atom is -0.444 e. The van der Waals surface area contributed by atoms with Crippen LogP contribution in [0.15, 0.2) is 64.1 Å². The van der Waals surface area contributed by atoms with Gasteiger partial charge in [-0.3, -0.25) is 0 Å². The van der Waals surface area contributed by atoms with Crippen LogP contribution in [0.1, 0.15) is 31.9 Å². The molecule has 7 nitrogen and oxygen atoms in total. The molecule has 158 valence electrons. The van der Waals surface area contributed by atoms with Crippen molar-refractivity contribution in [3.05, 3.63) is 80.9 Å². The van der Waals surface area contributed by atoms with Crippen LogP contribution in [0.5, 0.6) is 0 Å². The fourth-order valence-corrected chi connectivity index (χ4v) is 3.09. The maximum absolute atomic E-state index is 12.7. The molecule has 0 atom stereocenters. The summed E-state index contributed by atoms with van der Waals surface area (Å²) in [6.07, 6.45) is 1.14. The standard InChI is InChI=1S/C22H25BrN4O3/c1-22(2,3)30-21(29)25(4)13-16-7-11-19(12-8-16)26-15-24-27(20(26)28)14-17-5-9-18(23)10-6-17/h5-12,15H,13-14H2,1-4H3. The summed E-state index contributed by atoms with van der Waals surface area (Å²) in [6.45, 7) is 6.32. The number of halogens is 1. The van der Waals surface area contributed by atoms with E-state index in [4.69, 9.17) is 4.74 Å². The molecule has 0 aliphatic carbocycles. The molecule has 0 radical (unpaired) electrons. The van der Waals surface area contributed by atoms with E-state index in [1.807, 2.05) is 69.3 Å². The van der Waals surface area contributed by atoms with Gasteiger partial charge in [-0.1, -0.05) is 40.2 Å². The maximum Gasteiger partial charge on any atom is 0.410 e. The Bertz CT molecular complexity index is 1060. The Kier molecular flexibility index (Phi) is 6.45. The minimum atomic E-state index is -0.535. The van der Waals surface area contributed by atoms with Crippen LogP contribution in [0.2, 0.25) is 0 Å². The predicted molar refractivity (Wildman–Crippen MR) is 119 cm³/mol. The van der Waals surface area contributed by atoms with Gasteiger partial charge in [-0.05, 0) is 56.2 Å². The zero-order chi connectivity index (χ0) is 21.9. The van der Waals surface area contributed by atoms with E-state index in [0.29, 0.717) is 18.8 Å². The normalized spacial score (nSPS) is 11.4. The third-order valence-corrected chi connectivity index (χ3v) is 4.85. The van der Waals surface area contributed by atoms with Crippen LogP contribution < -0.4 is 5.69 Å². The van der Waals surface area contributed by atoms with Crippen molar-refractivity contribution >= 4 is 22.0 Å². The fraction of sp³-hybridized carbons (Fsp3) is 0.318. The third-order valence-electron chi connectivity index (χ3n) is 4.32. The van der Waals surface area contributed by atoms with Gasteiger partial charge in [0.05, 0.1) is 12.2 Å². The zero-order valence-corrected chi connectivity index (χ0v) is 19.1. The second-order valence-corrected chi connectivity index (χ2v) is 8.99. The Labute approximate surface area is 184 Å². The molecule has 1 heterocycles. The van der Waals surface area contributed by atoms with Crippen molar-refractivity contribution in [1.29, 1.82) is 0 Å². The number of carbonyl (C=O) groups is 1. The van der Waals surface area contributed by atoms with Gasteiger partial charge >= 0.3 is 11.8 Å². The van der Waals surface area contributed by atoms with Gasteiger partial charge in [0, 0.05) is 18.1 Å². The first-order chi connectivity index (χ1) is 14.1. The van der Waals surface area contributed by atoms with Gasteiger partial charge in [0.2, 0.25) is 0 Å². The number of amides is 1. The Morgan fingerprint density at radius 2 is 1.67 bits per heavy atom. The van der Waals surface area contributed by atoms with E-state index in [0.717, 1.165) is 15.6 Å². The number of rotatable bonds is 5. The summed E-state index contributed by atoms with van der Waals surface area (Å²) in [5.41, 5.74) is 1.89. The Morgan fingerprint density at radius 3 is 2.27 bits per heavy atom. The molecule has 0 N–H and O–H groups in total. The summed E-state index contributed by atoms with van der Waals surface area (Å²) in [4.78, 5) is 26.3. The molecule has 1 amide bonds. The fourth-order valence-electron chi connectivity index (χ4n) is 2.83. The van der Waals surface area contributed by atoms with Crippen molar-refractivity contribution in [3.63, 3.8) is 0 Å². The summed E-state index contributed by atoms with van der Waals surface area (Å²) >= 11 is 3.40. The van der Waals surface area contributed by atoms with Crippen molar-refractivity contribution in [2.75, 3.05) is 7.05 Å².